The van der Waals surface area contributed by atoms with Crippen molar-refractivity contribution < 1.29 is 4.39 Å². The lowest BCUT2D eigenvalue weighted by Crippen LogP contribution is -2.24. The van der Waals surface area contributed by atoms with Crippen LogP contribution in [0.25, 0.3) is 16.7 Å². The SMILES string of the molecule is CC(C)n1c(=O)c2cnc(Nc3ccc4c(c3)CCNC4)nc2n1-c1ccc(F)cc1. The maximum Gasteiger partial charge on any atom is 0.278 e. The summed E-state index contributed by atoms with van der Waals surface area (Å²) in [5, 5.41) is 7.05. The Hall–Kier alpha value is -3.52. The van der Waals surface area contributed by atoms with Crippen LogP contribution in [0, 0.1) is 5.82 Å². The predicted molar refractivity (Wildman–Crippen MR) is 119 cm³/mol. The van der Waals surface area contributed by atoms with Crippen LogP contribution in [0.4, 0.5) is 16.0 Å². The Balaban J connectivity index is 1.61. The molecule has 0 saturated carbocycles. The Labute approximate surface area is 178 Å². The molecule has 0 amide bonds. The molecule has 1 aliphatic heterocycles. The van der Waals surface area contributed by atoms with Crippen molar-refractivity contribution in [1.82, 2.24) is 24.6 Å². The molecular weight excluding hydrogens is 395 g/mol. The number of fused-ring (bicyclic) bond motifs is 2. The van der Waals surface area contributed by atoms with E-state index in [0.29, 0.717) is 22.7 Å². The summed E-state index contributed by atoms with van der Waals surface area (Å²) in [6.45, 7) is 5.69. The van der Waals surface area contributed by atoms with E-state index in [-0.39, 0.29) is 17.4 Å². The highest BCUT2D eigenvalue weighted by Crippen LogP contribution is 2.23. The smallest absolute Gasteiger partial charge is 0.278 e. The van der Waals surface area contributed by atoms with E-state index in [9.17, 15) is 9.18 Å². The summed E-state index contributed by atoms with van der Waals surface area (Å²) in [5.74, 6) is 0.0661. The Morgan fingerprint density at radius 2 is 1.94 bits per heavy atom. The number of aromatic nitrogens is 4. The Kier molecular flexibility index (Phi) is 4.78. The van der Waals surface area contributed by atoms with E-state index in [1.165, 1.54) is 23.3 Å². The second-order valence-electron chi connectivity index (χ2n) is 8.00. The average Bonchev–Trinajstić information content (AvgIpc) is 3.06. The summed E-state index contributed by atoms with van der Waals surface area (Å²) in [6.07, 6.45) is 2.53. The van der Waals surface area contributed by atoms with Crippen molar-refractivity contribution in [3.8, 4) is 5.69 Å². The first-order valence-corrected chi connectivity index (χ1v) is 10.4. The third-order valence-corrected chi connectivity index (χ3v) is 5.53. The van der Waals surface area contributed by atoms with Crippen LogP contribution >= 0.6 is 0 Å². The third-order valence-electron chi connectivity index (χ3n) is 5.53. The minimum Gasteiger partial charge on any atom is -0.324 e. The maximum absolute atomic E-state index is 13.5. The molecule has 0 atom stereocenters. The largest absolute Gasteiger partial charge is 0.324 e. The Bertz CT molecular complexity index is 1320. The average molecular weight is 418 g/mol. The number of benzene rings is 2. The molecule has 158 valence electrons. The zero-order chi connectivity index (χ0) is 21.5. The van der Waals surface area contributed by atoms with Gasteiger partial charge in [-0.25, -0.2) is 18.7 Å². The van der Waals surface area contributed by atoms with Crippen molar-refractivity contribution in [3.05, 3.63) is 76.0 Å². The quantitative estimate of drug-likeness (QED) is 0.529. The maximum atomic E-state index is 13.5. The highest BCUT2D eigenvalue weighted by atomic mass is 19.1. The van der Waals surface area contributed by atoms with Crippen molar-refractivity contribution >= 4 is 22.7 Å². The minimum absolute atomic E-state index is 0.114. The molecule has 2 N–H and O–H groups in total. The zero-order valence-corrected chi connectivity index (χ0v) is 17.4. The standard InChI is InChI=1S/C23H23FN6O/c1-14(2)29-22(31)20-13-26-23(27-18-6-3-16-12-25-10-9-15(16)11-18)28-21(20)30(29)19-7-4-17(24)5-8-19/h3-8,11,13-14,25H,9-10,12H2,1-2H3,(H,26,27,28). The van der Waals surface area contributed by atoms with Gasteiger partial charge in [-0.3, -0.25) is 4.79 Å². The van der Waals surface area contributed by atoms with E-state index in [1.807, 2.05) is 19.9 Å². The van der Waals surface area contributed by atoms with Gasteiger partial charge in [0.15, 0.2) is 5.65 Å². The molecule has 2 aromatic carbocycles. The molecule has 0 bridgehead atoms. The van der Waals surface area contributed by atoms with Gasteiger partial charge in [-0.2, -0.15) is 4.98 Å². The molecule has 0 fully saturated rings. The van der Waals surface area contributed by atoms with Crippen LogP contribution in [0.15, 0.2) is 53.5 Å². The molecule has 31 heavy (non-hydrogen) atoms. The molecule has 4 aromatic rings. The van der Waals surface area contributed by atoms with Crippen LogP contribution in [-0.2, 0) is 13.0 Å². The van der Waals surface area contributed by atoms with Crippen molar-refractivity contribution in [2.24, 2.45) is 0 Å². The first-order chi connectivity index (χ1) is 15.0. The topological polar surface area (TPSA) is 76.8 Å². The predicted octanol–water partition coefficient (Wildman–Crippen LogP) is 3.69. The zero-order valence-electron chi connectivity index (χ0n) is 17.4. The van der Waals surface area contributed by atoms with Gasteiger partial charge in [0.05, 0.1) is 5.69 Å². The summed E-state index contributed by atoms with van der Waals surface area (Å²) in [5.41, 5.74) is 4.46. The molecule has 0 unspecified atom stereocenters. The molecule has 3 heterocycles. The van der Waals surface area contributed by atoms with Gasteiger partial charge in [0, 0.05) is 24.5 Å². The number of anilines is 2. The Morgan fingerprint density at radius 1 is 1.13 bits per heavy atom. The van der Waals surface area contributed by atoms with Crippen LogP contribution < -0.4 is 16.2 Å². The van der Waals surface area contributed by atoms with E-state index >= 15 is 0 Å². The first-order valence-electron chi connectivity index (χ1n) is 10.4. The molecule has 0 saturated heterocycles. The Morgan fingerprint density at radius 3 is 2.71 bits per heavy atom. The summed E-state index contributed by atoms with van der Waals surface area (Å²) in [6, 6.07) is 12.1. The van der Waals surface area contributed by atoms with Gasteiger partial charge < -0.3 is 10.6 Å². The summed E-state index contributed by atoms with van der Waals surface area (Å²) in [7, 11) is 0. The molecule has 1 aliphatic rings. The van der Waals surface area contributed by atoms with Crippen LogP contribution in [0.3, 0.4) is 0 Å². The molecule has 5 rings (SSSR count). The van der Waals surface area contributed by atoms with Gasteiger partial charge in [-0.05, 0) is 74.3 Å². The molecular formula is C23H23FN6O. The van der Waals surface area contributed by atoms with Crippen molar-refractivity contribution in [2.45, 2.75) is 32.9 Å². The monoisotopic (exact) mass is 418 g/mol. The fourth-order valence-corrected chi connectivity index (χ4v) is 4.04. The van der Waals surface area contributed by atoms with Gasteiger partial charge >= 0.3 is 0 Å². The second kappa shape index (κ2) is 7.63. The number of nitrogens with one attached hydrogen (secondary N) is 2. The summed E-state index contributed by atoms with van der Waals surface area (Å²) in [4.78, 5) is 22.1. The van der Waals surface area contributed by atoms with E-state index in [2.05, 4.69) is 32.7 Å². The number of rotatable bonds is 4. The van der Waals surface area contributed by atoms with Gasteiger partial charge in [-0.1, -0.05) is 6.07 Å². The summed E-state index contributed by atoms with van der Waals surface area (Å²) >= 11 is 0. The normalized spacial score (nSPS) is 13.5. The van der Waals surface area contributed by atoms with Crippen molar-refractivity contribution in [3.63, 3.8) is 0 Å². The molecule has 0 spiro atoms. The van der Waals surface area contributed by atoms with E-state index < -0.39 is 0 Å². The van der Waals surface area contributed by atoms with Crippen LogP contribution in [0.5, 0.6) is 0 Å². The van der Waals surface area contributed by atoms with Crippen molar-refractivity contribution in [1.29, 1.82) is 0 Å². The highest BCUT2D eigenvalue weighted by Gasteiger charge is 2.19. The fraction of sp³-hybridized carbons (Fsp3) is 0.261. The van der Waals surface area contributed by atoms with Crippen LogP contribution in [0.1, 0.15) is 31.0 Å². The number of hydrogen-bond acceptors (Lipinski definition) is 5. The molecule has 0 aliphatic carbocycles. The lowest BCUT2D eigenvalue weighted by molar-refractivity contribution is 0.475. The first kappa shape index (κ1) is 19.4. The number of halogens is 1. The molecule has 2 aromatic heterocycles. The third kappa shape index (κ3) is 3.48. The lowest BCUT2D eigenvalue weighted by atomic mass is 10.0. The van der Waals surface area contributed by atoms with Gasteiger partial charge in [0.25, 0.3) is 5.56 Å². The fourth-order valence-electron chi connectivity index (χ4n) is 4.04. The molecule has 7 nitrogen and oxygen atoms in total. The molecule has 0 radical (unpaired) electrons. The molecule has 8 heteroatoms. The number of nitrogens with zero attached hydrogens (tertiary/aromatic N) is 4. The van der Waals surface area contributed by atoms with Crippen molar-refractivity contribution in [2.75, 3.05) is 11.9 Å². The van der Waals surface area contributed by atoms with Gasteiger partial charge in [0.2, 0.25) is 5.95 Å². The summed E-state index contributed by atoms with van der Waals surface area (Å²) < 4.78 is 16.8. The van der Waals surface area contributed by atoms with E-state index in [4.69, 9.17) is 0 Å². The minimum atomic E-state index is -0.335. The van der Waals surface area contributed by atoms with Gasteiger partial charge in [0.1, 0.15) is 11.2 Å². The highest BCUT2D eigenvalue weighted by molar-refractivity contribution is 5.77. The van der Waals surface area contributed by atoms with Crippen LogP contribution in [0.2, 0.25) is 0 Å². The van der Waals surface area contributed by atoms with Crippen LogP contribution in [-0.4, -0.2) is 25.9 Å². The van der Waals surface area contributed by atoms with Gasteiger partial charge in [-0.15, -0.1) is 0 Å². The van der Waals surface area contributed by atoms with E-state index in [1.54, 1.807) is 27.7 Å². The lowest BCUT2D eigenvalue weighted by Gasteiger charge is -2.18. The number of hydrogen-bond donors (Lipinski definition) is 2. The van der Waals surface area contributed by atoms with E-state index in [0.717, 1.165) is 25.2 Å². The second-order valence-corrected chi connectivity index (χ2v) is 8.00.